The predicted octanol–water partition coefficient (Wildman–Crippen LogP) is 3.88. The number of aromatic nitrogens is 1. The lowest BCUT2D eigenvalue weighted by Gasteiger charge is -2.11. The molecule has 1 unspecified atom stereocenters. The maximum atomic E-state index is 10.1. The number of hydrogen-bond donors (Lipinski definition) is 1. The first-order chi connectivity index (χ1) is 8.16. The Balaban J connectivity index is 2.17. The molecule has 2 nitrogen and oxygen atoms in total. The summed E-state index contributed by atoms with van der Waals surface area (Å²) in [5, 5.41) is 10.1. The van der Waals surface area contributed by atoms with Crippen LogP contribution in [-0.2, 0) is 6.42 Å². The summed E-state index contributed by atoms with van der Waals surface area (Å²) in [5.74, 6) is 0. The molecule has 0 amide bonds. The minimum Gasteiger partial charge on any atom is -0.386 e. The Morgan fingerprint density at radius 3 is 2.71 bits per heavy atom. The van der Waals surface area contributed by atoms with Crippen molar-refractivity contribution in [3.63, 3.8) is 0 Å². The number of pyridine rings is 1. The van der Waals surface area contributed by atoms with Gasteiger partial charge in [-0.3, -0.25) is 4.98 Å². The summed E-state index contributed by atoms with van der Waals surface area (Å²) in [6, 6.07) is 11.6. The van der Waals surface area contributed by atoms with Crippen LogP contribution in [0.5, 0.6) is 0 Å². The molecule has 4 heteroatoms. The summed E-state index contributed by atoms with van der Waals surface area (Å²) in [4.78, 5) is 4.19. The Morgan fingerprint density at radius 1 is 1.18 bits per heavy atom. The van der Waals surface area contributed by atoms with Crippen molar-refractivity contribution in [1.82, 2.24) is 4.98 Å². The van der Waals surface area contributed by atoms with E-state index in [1.54, 1.807) is 6.20 Å². The quantitative estimate of drug-likeness (QED) is 0.905. The van der Waals surface area contributed by atoms with Gasteiger partial charge in [-0.2, -0.15) is 0 Å². The van der Waals surface area contributed by atoms with Gasteiger partial charge < -0.3 is 5.11 Å². The summed E-state index contributed by atoms with van der Waals surface area (Å²) in [6.45, 7) is 0. The second-order valence-corrected chi connectivity index (χ2v) is 5.49. The van der Waals surface area contributed by atoms with Gasteiger partial charge in [-0.25, -0.2) is 0 Å². The van der Waals surface area contributed by atoms with E-state index >= 15 is 0 Å². The van der Waals surface area contributed by atoms with E-state index in [0.717, 1.165) is 14.5 Å². The first-order valence-corrected chi connectivity index (χ1v) is 6.78. The van der Waals surface area contributed by atoms with E-state index in [2.05, 4.69) is 36.8 Å². The van der Waals surface area contributed by atoms with Crippen molar-refractivity contribution in [2.75, 3.05) is 0 Å². The van der Waals surface area contributed by atoms with E-state index in [4.69, 9.17) is 0 Å². The summed E-state index contributed by atoms with van der Waals surface area (Å²) < 4.78 is 1.85. The standard InChI is InChI=1S/C13H11Br2NO/c14-10-4-1-3-9(7-10)8-12(17)13-11(15)5-2-6-16-13/h1-7,12,17H,8H2. The third-order valence-corrected chi connectivity index (χ3v) is 3.58. The molecule has 17 heavy (non-hydrogen) atoms. The molecule has 1 aromatic heterocycles. The van der Waals surface area contributed by atoms with Gasteiger partial charge in [-0.05, 0) is 45.8 Å². The van der Waals surface area contributed by atoms with Gasteiger partial charge in [0, 0.05) is 21.6 Å². The van der Waals surface area contributed by atoms with Crippen LogP contribution in [0.3, 0.4) is 0 Å². The number of nitrogens with zero attached hydrogens (tertiary/aromatic N) is 1. The van der Waals surface area contributed by atoms with Crippen molar-refractivity contribution in [3.8, 4) is 0 Å². The molecule has 0 fully saturated rings. The van der Waals surface area contributed by atoms with E-state index in [1.807, 2.05) is 36.4 Å². The molecule has 1 N–H and O–H groups in total. The first kappa shape index (κ1) is 12.7. The van der Waals surface area contributed by atoms with Crippen LogP contribution in [0.1, 0.15) is 17.4 Å². The van der Waals surface area contributed by atoms with Crippen molar-refractivity contribution in [2.24, 2.45) is 0 Å². The molecule has 1 aromatic carbocycles. The lowest BCUT2D eigenvalue weighted by molar-refractivity contribution is 0.173. The summed E-state index contributed by atoms with van der Waals surface area (Å²) in [6.07, 6.45) is 1.64. The third kappa shape index (κ3) is 3.37. The maximum Gasteiger partial charge on any atom is 0.101 e. The Kier molecular flexibility index (Phi) is 4.31. The molecule has 88 valence electrons. The van der Waals surface area contributed by atoms with Gasteiger partial charge in [0.25, 0.3) is 0 Å². The van der Waals surface area contributed by atoms with Crippen LogP contribution in [0.25, 0.3) is 0 Å². The molecule has 0 saturated heterocycles. The van der Waals surface area contributed by atoms with Crippen LogP contribution in [0.2, 0.25) is 0 Å². The fourth-order valence-electron chi connectivity index (χ4n) is 1.63. The van der Waals surface area contributed by atoms with Crippen LogP contribution in [0.4, 0.5) is 0 Å². The average Bonchev–Trinajstić information content (AvgIpc) is 2.29. The molecule has 0 saturated carbocycles. The molecular weight excluding hydrogens is 346 g/mol. The minimum atomic E-state index is -0.597. The normalized spacial score (nSPS) is 12.4. The van der Waals surface area contributed by atoms with Gasteiger partial charge in [0.15, 0.2) is 0 Å². The number of aliphatic hydroxyl groups excluding tert-OH is 1. The third-order valence-electron chi connectivity index (χ3n) is 2.42. The van der Waals surface area contributed by atoms with Crippen LogP contribution in [-0.4, -0.2) is 10.1 Å². The second kappa shape index (κ2) is 5.76. The van der Waals surface area contributed by atoms with Crippen molar-refractivity contribution in [2.45, 2.75) is 12.5 Å². The van der Waals surface area contributed by atoms with E-state index in [-0.39, 0.29) is 0 Å². The zero-order valence-electron chi connectivity index (χ0n) is 8.98. The topological polar surface area (TPSA) is 33.1 Å². The largest absolute Gasteiger partial charge is 0.386 e. The SMILES string of the molecule is OC(Cc1cccc(Br)c1)c1ncccc1Br. The Bertz CT molecular complexity index is 516. The molecule has 1 atom stereocenters. The number of benzene rings is 1. The fraction of sp³-hybridized carbons (Fsp3) is 0.154. The number of aliphatic hydroxyl groups is 1. The highest BCUT2D eigenvalue weighted by atomic mass is 79.9. The fourth-order valence-corrected chi connectivity index (χ4v) is 2.59. The molecule has 2 aromatic rings. The highest BCUT2D eigenvalue weighted by molar-refractivity contribution is 9.10. The van der Waals surface area contributed by atoms with Crippen molar-refractivity contribution in [3.05, 3.63) is 62.8 Å². The van der Waals surface area contributed by atoms with Gasteiger partial charge >= 0.3 is 0 Å². The van der Waals surface area contributed by atoms with Gasteiger partial charge in [0.2, 0.25) is 0 Å². The van der Waals surface area contributed by atoms with E-state index in [0.29, 0.717) is 12.1 Å². The lowest BCUT2D eigenvalue weighted by Crippen LogP contribution is -2.04. The monoisotopic (exact) mass is 355 g/mol. The Labute approximate surface area is 117 Å². The van der Waals surface area contributed by atoms with Crippen LogP contribution < -0.4 is 0 Å². The first-order valence-electron chi connectivity index (χ1n) is 5.20. The molecule has 0 spiro atoms. The minimum absolute atomic E-state index is 0.551. The molecule has 0 aliphatic heterocycles. The molecule has 0 aliphatic rings. The van der Waals surface area contributed by atoms with E-state index in [9.17, 15) is 5.11 Å². The molecule has 1 heterocycles. The van der Waals surface area contributed by atoms with E-state index < -0.39 is 6.10 Å². The maximum absolute atomic E-state index is 10.1. The number of halogens is 2. The Hall–Kier alpha value is -0.710. The van der Waals surface area contributed by atoms with Crippen molar-refractivity contribution in [1.29, 1.82) is 0 Å². The average molecular weight is 357 g/mol. The number of rotatable bonds is 3. The Morgan fingerprint density at radius 2 is 2.00 bits per heavy atom. The number of hydrogen-bond acceptors (Lipinski definition) is 2. The molecule has 0 aliphatic carbocycles. The molecule has 0 radical (unpaired) electrons. The van der Waals surface area contributed by atoms with Crippen LogP contribution in [0, 0.1) is 0 Å². The molecular formula is C13H11Br2NO. The second-order valence-electron chi connectivity index (χ2n) is 3.72. The van der Waals surface area contributed by atoms with Gasteiger partial charge in [0.1, 0.15) is 6.10 Å². The summed E-state index contributed by atoms with van der Waals surface area (Å²) >= 11 is 6.81. The van der Waals surface area contributed by atoms with Gasteiger partial charge in [0.05, 0.1) is 5.69 Å². The smallest absolute Gasteiger partial charge is 0.101 e. The van der Waals surface area contributed by atoms with Crippen LogP contribution in [0.15, 0.2) is 51.5 Å². The molecule has 0 bridgehead atoms. The predicted molar refractivity (Wildman–Crippen MR) is 74.7 cm³/mol. The van der Waals surface area contributed by atoms with Gasteiger partial charge in [-0.1, -0.05) is 28.1 Å². The highest BCUT2D eigenvalue weighted by Crippen LogP contribution is 2.24. The summed E-state index contributed by atoms with van der Waals surface area (Å²) in [5.41, 5.74) is 1.75. The zero-order valence-corrected chi connectivity index (χ0v) is 12.1. The lowest BCUT2D eigenvalue weighted by atomic mass is 10.1. The molecule has 2 rings (SSSR count). The summed E-state index contributed by atoms with van der Waals surface area (Å²) in [7, 11) is 0. The van der Waals surface area contributed by atoms with Crippen LogP contribution >= 0.6 is 31.9 Å². The highest BCUT2D eigenvalue weighted by Gasteiger charge is 2.13. The van der Waals surface area contributed by atoms with Crippen molar-refractivity contribution >= 4 is 31.9 Å². The van der Waals surface area contributed by atoms with Gasteiger partial charge in [-0.15, -0.1) is 0 Å². The van der Waals surface area contributed by atoms with E-state index in [1.165, 1.54) is 0 Å². The zero-order chi connectivity index (χ0) is 12.3. The van der Waals surface area contributed by atoms with Crippen molar-refractivity contribution < 1.29 is 5.11 Å².